The molecule has 0 spiro atoms. The predicted molar refractivity (Wildman–Crippen MR) is 364 cm³/mol. The van der Waals surface area contributed by atoms with Crippen molar-refractivity contribution < 1.29 is 56.7 Å². The van der Waals surface area contributed by atoms with E-state index in [1.54, 1.807) is 242 Å². The van der Waals surface area contributed by atoms with E-state index in [2.05, 4.69) is 0 Å². The predicted octanol–water partition coefficient (Wildman–Crippen LogP) is 13.9. The summed E-state index contributed by atoms with van der Waals surface area (Å²) in [5.41, 5.74) is 5.76. The van der Waals surface area contributed by atoms with Crippen LogP contribution in [0.1, 0.15) is 104 Å². The highest BCUT2D eigenvalue weighted by Crippen LogP contribution is 2.51. The number of hydrogen-bond acceptors (Lipinski definition) is 13. The maximum Gasteiger partial charge on any atom is 0.320 e. The van der Waals surface area contributed by atoms with Gasteiger partial charge in [-0.3, -0.25) is 28.8 Å². The zero-order chi connectivity index (χ0) is 65.4. The molecule has 0 aliphatic carbocycles. The van der Waals surface area contributed by atoms with Gasteiger partial charge in [-0.15, -0.1) is 11.8 Å². The first kappa shape index (κ1) is 66.8. The second-order valence-electron chi connectivity index (χ2n) is 22.7. The quantitative estimate of drug-likeness (QED) is 0.0317. The van der Waals surface area contributed by atoms with Crippen LogP contribution in [0.15, 0.2) is 200 Å². The van der Waals surface area contributed by atoms with Crippen molar-refractivity contribution >= 4 is 99.5 Å². The summed E-state index contributed by atoms with van der Waals surface area (Å²) in [6, 6.07) is 57.0. The van der Waals surface area contributed by atoms with E-state index in [1.807, 2.05) is 20.8 Å². The Kier molecular flexibility index (Phi) is 21.1. The topological polar surface area (TPSA) is 181 Å². The lowest BCUT2D eigenvalue weighted by Gasteiger charge is -2.23. The van der Waals surface area contributed by atoms with E-state index in [4.69, 9.17) is 14.2 Å². The van der Waals surface area contributed by atoms with Gasteiger partial charge in [-0.1, -0.05) is 200 Å². The number of thioether (sulfide) groups is 1. The molecule has 0 amide bonds. The Morgan fingerprint density at radius 2 is 0.582 bits per heavy atom. The zero-order valence-electron chi connectivity index (χ0n) is 52.3. The molecule has 16 heteroatoms. The minimum Gasteiger partial charge on any atom is -0.461 e. The molecule has 464 valence electrons. The van der Waals surface area contributed by atoms with E-state index in [9.17, 15) is 28.8 Å². The number of rotatable bonds is 24. The Morgan fingerprint density at radius 3 is 0.846 bits per heavy atom. The average molecular weight is 1290 g/mol. The molecule has 0 aliphatic rings. The van der Waals surface area contributed by atoms with Gasteiger partial charge in [-0.05, 0) is 129 Å². The van der Waals surface area contributed by atoms with Crippen LogP contribution in [0.5, 0.6) is 0 Å². The zero-order valence-corrected chi connectivity index (χ0v) is 55.8. The van der Waals surface area contributed by atoms with Crippen molar-refractivity contribution in [1.29, 1.82) is 0 Å². The van der Waals surface area contributed by atoms with Crippen molar-refractivity contribution in [3.8, 4) is 0 Å². The lowest BCUT2D eigenvalue weighted by Crippen LogP contribution is -2.27. The third kappa shape index (κ3) is 13.7. The lowest BCUT2D eigenvalue weighted by atomic mass is 9.94. The number of benzene rings is 9. The van der Waals surface area contributed by atoms with Gasteiger partial charge in [0.15, 0.2) is 0 Å². The van der Waals surface area contributed by atoms with Crippen LogP contribution in [-0.4, -0.2) is 45.5 Å². The molecule has 0 fully saturated rings. The summed E-state index contributed by atoms with van der Waals surface area (Å²) < 4.78 is 63.9. The molecule has 9 aromatic rings. The van der Waals surface area contributed by atoms with Gasteiger partial charge in [0.1, 0.15) is 25.1 Å². The number of hydrogen-bond donors (Lipinski definition) is 0. The van der Waals surface area contributed by atoms with Crippen molar-refractivity contribution in [3.63, 3.8) is 0 Å². The molecule has 0 radical (unpaired) electrons. The summed E-state index contributed by atoms with van der Waals surface area (Å²) in [6.45, 7) is 15.0. The first-order chi connectivity index (χ1) is 43.5. The Bertz CT molecular complexity index is 4270. The van der Waals surface area contributed by atoms with E-state index >= 15 is 13.7 Å². The largest absolute Gasteiger partial charge is 0.461 e. The highest BCUT2D eigenvalue weighted by atomic mass is 32.2. The van der Waals surface area contributed by atoms with Crippen LogP contribution in [0.3, 0.4) is 0 Å². The fourth-order valence-corrected chi connectivity index (χ4v) is 20.7. The Hall–Kier alpha value is -8.56. The Balaban J connectivity index is 0.986. The highest BCUT2D eigenvalue weighted by molar-refractivity contribution is 8.01. The molecule has 12 nitrogen and oxygen atoms in total. The summed E-state index contributed by atoms with van der Waals surface area (Å²) in [4.78, 5) is 87.6. The molecular weight excluding hydrogens is 1220 g/mol. The van der Waals surface area contributed by atoms with Crippen molar-refractivity contribution in [2.75, 3.05) is 5.75 Å². The minimum atomic E-state index is -3.96. The fourth-order valence-electron chi connectivity index (χ4n) is 12.0. The monoisotopic (exact) mass is 1290 g/mol. The first-order valence-corrected chi connectivity index (χ1v) is 35.9. The Morgan fingerprint density at radius 1 is 0.341 bits per heavy atom. The third-order valence-corrected chi connectivity index (χ3v) is 26.4. The lowest BCUT2D eigenvalue weighted by molar-refractivity contribution is -0.151. The van der Waals surface area contributed by atoms with Gasteiger partial charge in [-0.25, -0.2) is 0 Å². The molecule has 0 saturated heterocycles. The summed E-state index contributed by atoms with van der Waals surface area (Å²) in [5, 5.41) is 0.856. The van der Waals surface area contributed by atoms with Gasteiger partial charge in [0.05, 0.1) is 12.2 Å². The number of carbonyl (C=O) groups is 6. The van der Waals surface area contributed by atoms with Crippen molar-refractivity contribution in [3.05, 3.63) is 284 Å². The maximum absolute atomic E-state index is 15.4. The van der Waals surface area contributed by atoms with Crippen molar-refractivity contribution in [1.82, 2.24) is 0 Å². The van der Waals surface area contributed by atoms with Crippen LogP contribution in [0, 0.1) is 62.3 Å². The molecular formula is C75H71O12P3S. The van der Waals surface area contributed by atoms with Gasteiger partial charge in [0.25, 0.3) is 0 Å². The standard InChI is InChI=1S/C75H71O12P3S/c1-48-40-51(4)69(73(79)88(82,57-28-16-10-17-29-57)58-30-18-11-19-31-58)54(7)63(48)44-85-67(76)43-66(72(78)87-46-65-50(3)42-53(6)71(56(65)9)75(81)90(84,61-36-24-14-25-37-61)62-38-26-15-27-39-62)91-47-68(77)86-45-64-49(2)41-52(5)70(55(64)8)74(80)89(83,59-32-20-12-21-33-59)60-34-22-13-23-35-60/h10-42,66H,43-47H2,1-9H3. The summed E-state index contributed by atoms with van der Waals surface area (Å²) in [6.07, 6.45) is -0.582. The van der Waals surface area contributed by atoms with Gasteiger partial charge in [0, 0.05) is 48.5 Å². The van der Waals surface area contributed by atoms with E-state index in [0.29, 0.717) is 93.0 Å². The molecule has 0 aliphatic heterocycles. The van der Waals surface area contributed by atoms with Crippen LogP contribution in [0.4, 0.5) is 0 Å². The van der Waals surface area contributed by atoms with Gasteiger partial charge < -0.3 is 27.9 Å². The normalized spacial score (nSPS) is 12.0. The SMILES string of the molecule is Cc1cc(C)c(C(=O)P(=O)(c2ccccc2)c2ccccc2)c(C)c1COC(=O)CSC(CC(=O)OCc1c(C)cc(C)c(C(=O)P(=O)(c2ccccc2)c2ccccc2)c1C)C(=O)OCc1c(C)cc(C)c(C(=O)P(=O)(c2ccccc2)c2ccccc2)c1C. The number of carbonyl (C=O) groups excluding carboxylic acids is 6. The molecule has 0 saturated carbocycles. The molecule has 1 atom stereocenters. The molecule has 0 aromatic heterocycles. The average Bonchev–Trinajstić information content (AvgIpc) is 0.777. The Labute approximate surface area is 536 Å². The molecule has 91 heavy (non-hydrogen) atoms. The summed E-state index contributed by atoms with van der Waals surface area (Å²) in [7, 11) is -11.8. The highest BCUT2D eigenvalue weighted by Gasteiger charge is 2.42. The molecule has 1 unspecified atom stereocenters. The molecule has 9 rings (SSSR count). The molecule has 0 heterocycles. The second-order valence-corrected chi connectivity index (χ2v) is 31.8. The second kappa shape index (κ2) is 28.7. The summed E-state index contributed by atoms with van der Waals surface area (Å²) >= 11 is 0.799. The fraction of sp³-hybridized carbons (Fsp3) is 0.200. The van der Waals surface area contributed by atoms with Crippen LogP contribution >= 0.6 is 33.2 Å². The van der Waals surface area contributed by atoms with E-state index in [0.717, 1.165) is 17.3 Å². The molecule has 9 aromatic carbocycles. The van der Waals surface area contributed by atoms with Crippen LogP contribution in [0.2, 0.25) is 0 Å². The van der Waals surface area contributed by atoms with E-state index in [1.165, 1.54) is 0 Å². The molecule has 0 N–H and O–H groups in total. The number of aryl methyl sites for hydroxylation is 6. The minimum absolute atomic E-state index is 0.219. The third-order valence-electron chi connectivity index (χ3n) is 16.7. The number of esters is 3. The number of ether oxygens (including phenoxy) is 3. The van der Waals surface area contributed by atoms with Crippen LogP contribution in [0.25, 0.3) is 0 Å². The first-order valence-electron chi connectivity index (χ1n) is 29.7. The van der Waals surface area contributed by atoms with Gasteiger partial charge >= 0.3 is 17.9 Å². The van der Waals surface area contributed by atoms with Gasteiger partial charge in [-0.2, -0.15) is 0 Å². The smallest absolute Gasteiger partial charge is 0.320 e. The molecule has 0 bridgehead atoms. The van der Waals surface area contributed by atoms with Crippen LogP contribution < -0.4 is 31.8 Å². The van der Waals surface area contributed by atoms with Crippen molar-refractivity contribution in [2.45, 2.75) is 93.8 Å². The summed E-state index contributed by atoms with van der Waals surface area (Å²) in [5.74, 6) is -2.93. The van der Waals surface area contributed by atoms with Crippen molar-refractivity contribution in [2.24, 2.45) is 0 Å². The van der Waals surface area contributed by atoms with E-state index in [-0.39, 0.29) is 36.5 Å². The van der Waals surface area contributed by atoms with Crippen LogP contribution in [-0.2, 0) is 62.1 Å². The maximum atomic E-state index is 15.4. The van der Waals surface area contributed by atoms with E-state index < -0.39 is 73.3 Å². The van der Waals surface area contributed by atoms with Gasteiger partial charge in [0.2, 0.25) is 38.0 Å².